The SMILES string of the molecule is CC(C)(C)c1ccnc(-n2c3[c-]c(Oc4[c-]c(N5[CH-]N(c6c(-c7ccccc7)cc(C(C)(C)C)cc6-c6ccccc6)c6ccccc65)cc(-c5ccccc5)c4)ccc3c3oc4ccc5ccccc5c4c32)c1.[Pt]. The first-order chi connectivity index (χ1) is 35.9. The van der Waals surface area contributed by atoms with Gasteiger partial charge in [-0.3, -0.25) is 0 Å². The van der Waals surface area contributed by atoms with E-state index >= 15 is 0 Å². The van der Waals surface area contributed by atoms with Crippen LogP contribution in [0.5, 0.6) is 11.5 Å². The number of nitrogens with zero attached hydrogens (tertiary/aromatic N) is 4. The van der Waals surface area contributed by atoms with Gasteiger partial charge in [0.2, 0.25) is 0 Å². The zero-order valence-corrected chi connectivity index (χ0v) is 44.9. The fourth-order valence-corrected chi connectivity index (χ4v) is 10.6. The molecule has 0 aliphatic carbocycles. The molecule has 13 rings (SSSR count). The quantitative estimate of drug-likeness (QED) is 0.142. The Kier molecular flexibility index (Phi) is 11.9. The molecule has 9 aromatic carbocycles. The summed E-state index contributed by atoms with van der Waals surface area (Å²) in [6, 6.07) is 78.2. The molecular formula is C68H53N4O2Pt-3. The second-order valence-corrected chi connectivity index (χ2v) is 21.3. The number of fused-ring (bicyclic) bond motifs is 8. The van der Waals surface area contributed by atoms with E-state index in [9.17, 15) is 0 Å². The van der Waals surface area contributed by atoms with Crippen LogP contribution in [0, 0.1) is 18.8 Å². The van der Waals surface area contributed by atoms with E-state index in [-0.39, 0.29) is 31.9 Å². The molecule has 0 spiro atoms. The van der Waals surface area contributed by atoms with Crippen molar-refractivity contribution < 1.29 is 30.2 Å². The maximum atomic E-state index is 7.02. The Labute approximate surface area is 452 Å². The van der Waals surface area contributed by atoms with E-state index in [1.54, 1.807) is 0 Å². The monoisotopic (exact) mass is 1150 g/mol. The van der Waals surface area contributed by atoms with Crippen molar-refractivity contribution in [3.8, 4) is 50.7 Å². The van der Waals surface area contributed by atoms with E-state index in [0.29, 0.717) is 11.5 Å². The van der Waals surface area contributed by atoms with Gasteiger partial charge in [-0.15, -0.1) is 48.3 Å². The number of rotatable bonds is 8. The summed E-state index contributed by atoms with van der Waals surface area (Å²) in [5.41, 5.74) is 16.3. The molecule has 0 fully saturated rings. The Morgan fingerprint density at radius 1 is 0.520 bits per heavy atom. The van der Waals surface area contributed by atoms with Gasteiger partial charge in [0.05, 0.1) is 10.9 Å². The number of furan rings is 1. The molecule has 75 heavy (non-hydrogen) atoms. The average Bonchev–Trinajstić information content (AvgIpc) is 4.13. The van der Waals surface area contributed by atoms with E-state index in [4.69, 9.17) is 14.1 Å². The van der Waals surface area contributed by atoms with Crippen LogP contribution < -0.4 is 14.5 Å². The molecule has 4 heterocycles. The van der Waals surface area contributed by atoms with Gasteiger partial charge in [-0.2, -0.15) is 6.07 Å². The second-order valence-electron chi connectivity index (χ2n) is 21.3. The Morgan fingerprint density at radius 3 is 1.80 bits per heavy atom. The van der Waals surface area contributed by atoms with E-state index in [1.807, 2.05) is 18.3 Å². The van der Waals surface area contributed by atoms with Crippen LogP contribution in [0.25, 0.3) is 82.9 Å². The molecule has 0 saturated heterocycles. The molecule has 370 valence electrons. The maximum Gasteiger partial charge on any atom is 0.136 e. The van der Waals surface area contributed by atoms with Gasteiger partial charge in [-0.1, -0.05) is 186 Å². The molecule has 0 unspecified atom stereocenters. The van der Waals surface area contributed by atoms with Crippen molar-refractivity contribution in [1.29, 1.82) is 0 Å². The smallest absolute Gasteiger partial charge is 0.136 e. The third kappa shape index (κ3) is 8.48. The predicted octanol–water partition coefficient (Wildman–Crippen LogP) is 18.5. The Hall–Kier alpha value is -8.18. The minimum absolute atomic E-state index is 0. The summed E-state index contributed by atoms with van der Waals surface area (Å²) < 4.78 is 16.0. The van der Waals surface area contributed by atoms with Gasteiger partial charge >= 0.3 is 0 Å². The summed E-state index contributed by atoms with van der Waals surface area (Å²) in [6.45, 7) is 15.8. The molecule has 6 nitrogen and oxygen atoms in total. The first kappa shape index (κ1) is 47.8. The normalized spacial score (nSPS) is 12.7. The number of benzene rings is 9. The van der Waals surface area contributed by atoms with Crippen molar-refractivity contribution in [3.63, 3.8) is 0 Å². The molecular weight excluding hydrogens is 1100 g/mol. The molecule has 1 aliphatic rings. The predicted molar refractivity (Wildman–Crippen MR) is 305 cm³/mol. The number of aromatic nitrogens is 2. The van der Waals surface area contributed by atoms with Crippen LogP contribution in [0.2, 0.25) is 0 Å². The first-order valence-corrected chi connectivity index (χ1v) is 25.3. The Bertz CT molecular complexity index is 4050. The fourth-order valence-electron chi connectivity index (χ4n) is 10.6. The van der Waals surface area contributed by atoms with Crippen LogP contribution in [-0.4, -0.2) is 9.55 Å². The summed E-state index contributed by atoms with van der Waals surface area (Å²) in [5.74, 6) is 1.88. The van der Waals surface area contributed by atoms with E-state index < -0.39 is 0 Å². The van der Waals surface area contributed by atoms with E-state index in [0.717, 1.165) is 106 Å². The van der Waals surface area contributed by atoms with Gasteiger partial charge in [0.25, 0.3) is 0 Å². The Morgan fingerprint density at radius 2 is 1.13 bits per heavy atom. The summed E-state index contributed by atoms with van der Waals surface area (Å²) in [5, 5.41) is 4.21. The zero-order chi connectivity index (χ0) is 50.3. The molecule has 0 saturated carbocycles. The molecule has 0 amide bonds. The summed E-state index contributed by atoms with van der Waals surface area (Å²) >= 11 is 0. The van der Waals surface area contributed by atoms with E-state index in [2.05, 4.69) is 263 Å². The minimum atomic E-state index is -0.101. The number of hydrogen-bond donors (Lipinski definition) is 0. The van der Waals surface area contributed by atoms with E-state index in [1.165, 1.54) is 11.1 Å². The summed E-state index contributed by atoms with van der Waals surface area (Å²) in [6.07, 6.45) is 1.90. The summed E-state index contributed by atoms with van der Waals surface area (Å²) in [4.78, 5) is 9.62. The van der Waals surface area contributed by atoms with Crippen LogP contribution in [-0.2, 0) is 31.9 Å². The topological polar surface area (TPSA) is 46.7 Å². The molecule has 7 heteroatoms. The van der Waals surface area contributed by atoms with Gasteiger partial charge in [0.15, 0.2) is 0 Å². The molecule has 0 radical (unpaired) electrons. The fraction of sp³-hybridized carbons (Fsp3) is 0.118. The molecule has 3 aromatic heterocycles. The average molecular weight is 1150 g/mol. The van der Waals surface area contributed by atoms with Gasteiger partial charge < -0.3 is 23.5 Å². The molecule has 12 aromatic rings. The van der Waals surface area contributed by atoms with Gasteiger partial charge in [0.1, 0.15) is 17.0 Å². The van der Waals surface area contributed by atoms with Crippen LogP contribution in [0.1, 0.15) is 52.7 Å². The third-order valence-corrected chi connectivity index (χ3v) is 14.4. The minimum Gasteiger partial charge on any atom is -0.509 e. The number of hydrogen-bond acceptors (Lipinski definition) is 5. The van der Waals surface area contributed by atoms with Crippen molar-refractivity contribution >= 4 is 66.5 Å². The van der Waals surface area contributed by atoms with Crippen molar-refractivity contribution in [2.24, 2.45) is 0 Å². The van der Waals surface area contributed by atoms with Gasteiger partial charge in [0, 0.05) is 67.0 Å². The number of pyridine rings is 1. The van der Waals surface area contributed by atoms with Crippen molar-refractivity contribution in [1.82, 2.24) is 9.55 Å². The second kappa shape index (κ2) is 18.6. The summed E-state index contributed by atoms with van der Waals surface area (Å²) in [7, 11) is 0. The number of anilines is 4. The van der Waals surface area contributed by atoms with Gasteiger partial charge in [-0.05, 0) is 91.9 Å². The molecule has 0 atom stereocenters. The van der Waals surface area contributed by atoms with Crippen molar-refractivity contribution in [2.75, 3.05) is 9.80 Å². The molecule has 0 bridgehead atoms. The zero-order valence-electron chi connectivity index (χ0n) is 42.6. The number of para-hydroxylation sites is 2. The van der Waals surface area contributed by atoms with Gasteiger partial charge in [-0.25, -0.2) is 4.98 Å². The van der Waals surface area contributed by atoms with Crippen LogP contribution in [0.3, 0.4) is 0 Å². The standard InChI is InChI=1S/C68H53N4O2.Pt/c1-67(2,3)49-34-35-69-62(40-49)72-60-42-52(31-32-55(60)66-65(72)63-54-27-17-16-26-47(54)30-33-61(63)74-66)73-53-37-48(44-20-10-7-11-21-44)36-51(41-53)70-43-71(59-29-19-18-28-58(59)70)64-56(45-22-12-8-13-23-45)38-50(68(4,5)6)39-57(64)46-24-14-9-15-25-46;/h7-40,43H,1-6H3;/q-3;. The van der Waals surface area contributed by atoms with Crippen LogP contribution in [0.4, 0.5) is 22.7 Å². The van der Waals surface area contributed by atoms with Crippen molar-refractivity contribution in [3.05, 3.63) is 236 Å². The van der Waals surface area contributed by atoms with Crippen molar-refractivity contribution in [2.45, 2.75) is 52.4 Å². The third-order valence-electron chi connectivity index (χ3n) is 14.4. The maximum absolute atomic E-state index is 7.02. The largest absolute Gasteiger partial charge is 0.509 e. The number of ether oxygens (including phenoxy) is 1. The molecule has 0 N–H and O–H groups in total. The van der Waals surface area contributed by atoms with Crippen LogP contribution in [0.15, 0.2) is 211 Å². The van der Waals surface area contributed by atoms with Crippen LogP contribution >= 0.6 is 0 Å². The molecule has 1 aliphatic heterocycles. The first-order valence-electron chi connectivity index (χ1n) is 25.3. The Balaban J connectivity index is 0.00000569.